The lowest BCUT2D eigenvalue weighted by atomic mass is 10.1. The second-order valence-corrected chi connectivity index (χ2v) is 4.74. The van der Waals surface area contributed by atoms with Gasteiger partial charge in [-0.15, -0.1) is 0 Å². The SMILES string of the molecule is CCOC(=O)c1nn(-c2cccc(C)c2)c(=O)c(C#N)c1C. The van der Waals surface area contributed by atoms with Gasteiger partial charge in [0.25, 0.3) is 5.56 Å². The number of rotatable bonds is 3. The molecule has 0 spiro atoms. The number of aryl methyl sites for hydroxylation is 1. The van der Waals surface area contributed by atoms with Crippen molar-refractivity contribution in [3.05, 3.63) is 57.0 Å². The number of nitrogens with zero attached hydrogens (tertiary/aromatic N) is 3. The van der Waals surface area contributed by atoms with Crippen molar-refractivity contribution in [3.63, 3.8) is 0 Å². The molecule has 0 saturated carbocycles. The summed E-state index contributed by atoms with van der Waals surface area (Å²) in [4.78, 5) is 24.4. The quantitative estimate of drug-likeness (QED) is 0.808. The van der Waals surface area contributed by atoms with Crippen LogP contribution < -0.4 is 5.56 Å². The zero-order valence-electron chi connectivity index (χ0n) is 12.6. The molecule has 0 bridgehead atoms. The Kier molecular flexibility index (Phi) is 4.37. The molecular formula is C16H15N3O3. The largest absolute Gasteiger partial charge is 0.461 e. The molecule has 0 aliphatic carbocycles. The van der Waals surface area contributed by atoms with Crippen LogP contribution in [0.25, 0.3) is 5.69 Å². The molecule has 6 heteroatoms. The van der Waals surface area contributed by atoms with Crippen LogP contribution in [-0.4, -0.2) is 22.4 Å². The van der Waals surface area contributed by atoms with E-state index in [1.807, 2.05) is 19.1 Å². The van der Waals surface area contributed by atoms with Gasteiger partial charge in [0.05, 0.1) is 12.3 Å². The third kappa shape index (κ3) is 2.74. The fourth-order valence-corrected chi connectivity index (χ4v) is 2.06. The summed E-state index contributed by atoms with van der Waals surface area (Å²) in [5, 5.41) is 13.3. The number of carbonyl (C=O) groups is 1. The van der Waals surface area contributed by atoms with Crippen LogP contribution in [0, 0.1) is 25.2 Å². The van der Waals surface area contributed by atoms with Gasteiger partial charge in [-0.25, -0.2) is 4.79 Å². The standard InChI is InChI=1S/C16H15N3O3/c1-4-22-16(21)14-11(3)13(9-17)15(20)19(18-14)12-7-5-6-10(2)8-12/h5-8H,4H2,1-3H3. The van der Waals surface area contributed by atoms with E-state index in [1.165, 1.54) is 6.92 Å². The van der Waals surface area contributed by atoms with E-state index >= 15 is 0 Å². The average molecular weight is 297 g/mol. The highest BCUT2D eigenvalue weighted by Crippen LogP contribution is 2.12. The van der Waals surface area contributed by atoms with Gasteiger partial charge in [-0.1, -0.05) is 12.1 Å². The average Bonchev–Trinajstić information content (AvgIpc) is 2.48. The van der Waals surface area contributed by atoms with Crippen LogP contribution in [0.15, 0.2) is 29.1 Å². The number of esters is 1. The van der Waals surface area contributed by atoms with Gasteiger partial charge in [-0.3, -0.25) is 4.79 Å². The van der Waals surface area contributed by atoms with Crippen LogP contribution in [0.4, 0.5) is 0 Å². The van der Waals surface area contributed by atoms with Crippen LogP contribution >= 0.6 is 0 Å². The maximum absolute atomic E-state index is 12.4. The van der Waals surface area contributed by atoms with Gasteiger partial charge in [0, 0.05) is 5.56 Å². The maximum atomic E-state index is 12.4. The van der Waals surface area contributed by atoms with Gasteiger partial charge in [-0.05, 0) is 38.5 Å². The molecule has 2 aromatic rings. The number of aromatic nitrogens is 2. The summed E-state index contributed by atoms with van der Waals surface area (Å²) in [6.45, 7) is 5.25. The predicted octanol–water partition coefficient (Wildman–Crippen LogP) is 1.90. The van der Waals surface area contributed by atoms with Gasteiger partial charge < -0.3 is 4.74 Å². The van der Waals surface area contributed by atoms with Gasteiger partial charge in [0.1, 0.15) is 11.6 Å². The Bertz CT molecular complexity index is 832. The highest BCUT2D eigenvalue weighted by atomic mass is 16.5. The zero-order chi connectivity index (χ0) is 16.3. The monoisotopic (exact) mass is 297 g/mol. The molecule has 0 amide bonds. The van der Waals surface area contributed by atoms with Crippen molar-refractivity contribution < 1.29 is 9.53 Å². The molecule has 6 nitrogen and oxygen atoms in total. The summed E-state index contributed by atoms with van der Waals surface area (Å²) in [6.07, 6.45) is 0. The van der Waals surface area contributed by atoms with Gasteiger partial charge in [0.2, 0.25) is 0 Å². The first-order chi connectivity index (χ1) is 10.5. The molecule has 0 N–H and O–H groups in total. The molecular weight excluding hydrogens is 282 g/mol. The first-order valence-electron chi connectivity index (χ1n) is 6.77. The Balaban J connectivity index is 2.75. The third-order valence-corrected chi connectivity index (χ3v) is 3.16. The number of carbonyl (C=O) groups excluding carboxylic acids is 1. The summed E-state index contributed by atoms with van der Waals surface area (Å²) in [7, 11) is 0. The van der Waals surface area contributed by atoms with E-state index in [1.54, 1.807) is 25.1 Å². The van der Waals surface area contributed by atoms with Crippen molar-refractivity contribution in [2.45, 2.75) is 20.8 Å². The van der Waals surface area contributed by atoms with Crippen LogP contribution in [0.2, 0.25) is 0 Å². The Morgan fingerprint density at radius 2 is 2.14 bits per heavy atom. The molecule has 1 heterocycles. The van der Waals surface area contributed by atoms with Crippen LogP contribution in [0.1, 0.15) is 34.1 Å². The lowest BCUT2D eigenvalue weighted by molar-refractivity contribution is 0.0516. The van der Waals surface area contributed by atoms with Gasteiger partial charge in [-0.2, -0.15) is 15.0 Å². The molecule has 112 valence electrons. The van der Waals surface area contributed by atoms with E-state index in [0.29, 0.717) is 5.69 Å². The summed E-state index contributed by atoms with van der Waals surface area (Å²) in [5.41, 5.74) is 0.961. The van der Waals surface area contributed by atoms with E-state index in [4.69, 9.17) is 4.74 Å². The fraction of sp³-hybridized carbons (Fsp3) is 0.250. The first kappa shape index (κ1) is 15.4. The Morgan fingerprint density at radius 1 is 1.41 bits per heavy atom. The zero-order valence-corrected chi connectivity index (χ0v) is 12.6. The molecule has 1 aromatic carbocycles. The highest BCUT2D eigenvalue weighted by molar-refractivity contribution is 5.89. The summed E-state index contributed by atoms with van der Waals surface area (Å²) >= 11 is 0. The molecule has 2 rings (SSSR count). The van der Waals surface area contributed by atoms with Crippen molar-refractivity contribution >= 4 is 5.97 Å². The van der Waals surface area contributed by atoms with Crippen molar-refractivity contribution in [1.29, 1.82) is 5.26 Å². The molecule has 1 aromatic heterocycles. The van der Waals surface area contributed by atoms with Crippen LogP contribution in [0.3, 0.4) is 0 Å². The summed E-state index contributed by atoms with van der Waals surface area (Å²) < 4.78 is 6.00. The third-order valence-electron chi connectivity index (χ3n) is 3.16. The molecule has 22 heavy (non-hydrogen) atoms. The number of nitriles is 1. The van der Waals surface area contributed by atoms with E-state index in [2.05, 4.69) is 5.10 Å². The summed E-state index contributed by atoms with van der Waals surface area (Å²) in [5.74, 6) is -0.655. The van der Waals surface area contributed by atoms with E-state index in [-0.39, 0.29) is 23.4 Å². The molecule has 0 atom stereocenters. The highest BCUT2D eigenvalue weighted by Gasteiger charge is 2.21. The number of hydrogen-bond donors (Lipinski definition) is 0. The maximum Gasteiger partial charge on any atom is 0.359 e. The second kappa shape index (κ2) is 6.22. The Hall–Kier alpha value is -2.94. The topological polar surface area (TPSA) is 85.0 Å². The van der Waals surface area contributed by atoms with Gasteiger partial charge in [0.15, 0.2) is 5.69 Å². The normalized spacial score (nSPS) is 10.1. The van der Waals surface area contributed by atoms with Crippen LogP contribution in [-0.2, 0) is 4.74 Å². The van der Waals surface area contributed by atoms with Crippen molar-refractivity contribution in [2.75, 3.05) is 6.61 Å². The molecule has 0 saturated heterocycles. The molecule has 0 aliphatic heterocycles. The minimum absolute atomic E-state index is 0.0282. The Morgan fingerprint density at radius 3 is 2.73 bits per heavy atom. The predicted molar refractivity (Wildman–Crippen MR) is 80.0 cm³/mol. The number of hydrogen-bond acceptors (Lipinski definition) is 5. The lowest BCUT2D eigenvalue weighted by Gasteiger charge is -2.11. The van der Waals surface area contributed by atoms with E-state index in [9.17, 15) is 14.9 Å². The van der Waals surface area contributed by atoms with Crippen LogP contribution in [0.5, 0.6) is 0 Å². The fourth-order valence-electron chi connectivity index (χ4n) is 2.06. The smallest absolute Gasteiger partial charge is 0.359 e. The van der Waals surface area contributed by atoms with Crippen molar-refractivity contribution in [3.8, 4) is 11.8 Å². The minimum atomic E-state index is -0.655. The van der Waals surface area contributed by atoms with E-state index in [0.717, 1.165) is 10.2 Å². The lowest BCUT2D eigenvalue weighted by Crippen LogP contribution is -2.28. The van der Waals surface area contributed by atoms with E-state index < -0.39 is 11.5 Å². The minimum Gasteiger partial charge on any atom is -0.461 e. The van der Waals surface area contributed by atoms with Crippen molar-refractivity contribution in [2.24, 2.45) is 0 Å². The molecule has 0 radical (unpaired) electrons. The van der Waals surface area contributed by atoms with Crippen molar-refractivity contribution in [1.82, 2.24) is 9.78 Å². The molecule has 0 aliphatic rings. The summed E-state index contributed by atoms with van der Waals surface area (Å²) in [6, 6.07) is 8.93. The second-order valence-electron chi connectivity index (χ2n) is 4.74. The number of benzene rings is 1. The Labute approximate surface area is 127 Å². The molecule has 0 fully saturated rings. The van der Waals surface area contributed by atoms with Gasteiger partial charge >= 0.3 is 5.97 Å². The molecule has 0 unspecified atom stereocenters. The first-order valence-corrected chi connectivity index (χ1v) is 6.77. The number of ether oxygens (including phenoxy) is 1.